The van der Waals surface area contributed by atoms with Gasteiger partial charge in [-0.15, -0.1) is 0 Å². The fourth-order valence-corrected chi connectivity index (χ4v) is 2.60. The molecular weight excluding hydrogens is 360 g/mol. The average Bonchev–Trinajstić information content (AvgIpc) is 2.78. The van der Waals surface area contributed by atoms with Crippen molar-refractivity contribution < 1.29 is 14.3 Å². The van der Waals surface area contributed by atoms with E-state index in [4.69, 9.17) is 4.74 Å². The number of aromatic nitrogens is 1. The van der Waals surface area contributed by atoms with Gasteiger partial charge in [0, 0.05) is 21.5 Å². The monoisotopic (exact) mass is 378 g/mol. The zero-order valence-electron chi connectivity index (χ0n) is 13.4. The van der Waals surface area contributed by atoms with Crippen LogP contribution in [-0.2, 0) is 16.1 Å². The molecule has 0 aliphatic heterocycles. The number of anilines is 1. The van der Waals surface area contributed by atoms with Crippen LogP contribution in [-0.4, -0.2) is 23.1 Å². The zero-order chi connectivity index (χ0) is 17.0. The van der Waals surface area contributed by atoms with Gasteiger partial charge in [0.1, 0.15) is 6.54 Å². The SMILES string of the molecule is CCOC(=O)c1cc(C)n(CC(=O)Nc2ccc(Br)cc2)c1C. The molecule has 122 valence electrons. The molecule has 0 aliphatic carbocycles. The van der Waals surface area contributed by atoms with Crippen molar-refractivity contribution in [2.75, 3.05) is 11.9 Å². The third-order valence-corrected chi connectivity index (χ3v) is 4.03. The summed E-state index contributed by atoms with van der Waals surface area (Å²) in [6.07, 6.45) is 0. The van der Waals surface area contributed by atoms with Crippen molar-refractivity contribution in [3.05, 3.63) is 51.8 Å². The number of hydrogen-bond donors (Lipinski definition) is 1. The summed E-state index contributed by atoms with van der Waals surface area (Å²) in [4.78, 5) is 24.1. The molecule has 0 saturated heterocycles. The molecule has 6 heteroatoms. The van der Waals surface area contributed by atoms with Gasteiger partial charge in [0.2, 0.25) is 5.91 Å². The van der Waals surface area contributed by atoms with Crippen LogP contribution in [0.15, 0.2) is 34.8 Å². The highest BCUT2D eigenvalue weighted by Gasteiger charge is 2.18. The molecule has 0 aliphatic rings. The number of aryl methyl sites for hydroxylation is 1. The number of amides is 1. The summed E-state index contributed by atoms with van der Waals surface area (Å²) in [5.41, 5.74) is 2.80. The number of hydrogen-bond acceptors (Lipinski definition) is 3. The van der Waals surface area contributed by atoms with Crippen molar-refractivity contribution in [1.29, 1.82) is 0 Å². The lowest BCUT2D eigenvalue weighted by atomic mass is 10.2. The predicted molar refractivity (Wildman–Crippen MR) is 92.6 cm³/mol. The van der Waals surface area contributed by atoms with Crippen molar-refractivity contribution in [2.45, 2.75) is 27.3 Å². The highest BCUT2D eigenvalue weighted by molar-refractivity contribution is 9.10. The zero-order valence-corrected chi connectivity index (χ0v) is 14.9. The van der Waals surface area contributed by atoms with Crippen molar-refractivity contribution in [3.63, 3.8) is 0 Å². The molecule has 0 atom stereocenters. The quantitative estimate of drug-likeness (QED) is 0.807. The minimum absolute atomic E-state index is 0.146. The van der Waals surface area contributed by atoms with Crippen LogP contribution in [0.2, 0.25) is 0 Å². The van der Waals surface area contributed by atoms with Crippen LogP contribution >= 0.6 is 15.9 Å². The fraction of sp³-hybridized carbons (Fsp3) is 0.294. The Morgan fingerprint density at radius 3 is 2.48 bits per heavy atom. The van der Waals surface area contributed by atoms with Crippen molar-refractivity contribution in [3.8, 4) is 0 Å². The molecule has 1 aromatic heterocycles. The lowest BCUT2D eigenvalue weighted by Gasteiger charge is -2.10. The largest absolute Gasteiger partial charge is 0.462 e. The van der Waals surface area contributed by atoms with E-state index in [1.807, 2.05) is 38.1 Å². The number of nitrogens with one attached hydrogen (secondary N) is 1. The summed E-state index contributed by atoms with van der Waals surface area (Å²) in [7, 11) is 0. The number of rotatable bonds is 5. The van der Waals surface area contributed by atoms with Gasteiger partial charge in [-0.3, -0.25) is 4.79 Å². The number of benzene rings is 1. The molecule has 1 heterocycles. The number of nitrogens with zero attached hydrogens (tertiary/aromatic N) is 1. The topological polar surface area (TPSA) is 60.3 Å². The van der Waals surface area contributed by atoms with E-state index < -0.39 is 0 Å². The highest BCUT2D eigenvalue weighted by Crippen LogP contribution is 2.17. The Balaban J connectivity index is 2.11. The van der Waals surface area contributed by atoms with Crippen molar-refractivity contribution in [2.24, 2.45) is 0 Å². The molecule has 1 amide bonds. The van der Waals surface area contributed by atoms with Gasteiger partial charge in [0.25, 0.3) is 0 Å². The first-order valence-electron chi connectivity index (χ1n) is 7.31. The molecular formula is C17H19BrN2O3. The van der Waals surface area contributed by atoms with Crippen LogP contribution in [0.25, 0.3) is 0 Å². The molecule has 1 aromatic carbocycles. The molecule has 0 unspecified atom stereocenters. The van der Waals surface area contributed by atoms with E-state index in [0.29, 0.717) is 12.2 Å². The molecule has 2 aromatic rings. The van der Waals surface area contributed by atoms with E-state index >= 15 is 0 Å². The number of carbonyl (C=O) groups excluding carboxylic acids is 2. The summed E-state index contributed by atoms with van der Waals surface area (Å²) in [6.45, 7) is 5.91. The number of ether oxygens (including phenoxy) is 1. The Bertz CT molecular complexity index is 720. The van der Waals surface area contributed by atoms with Gasteiger partial charge in [-0.25, -0.2) is 4.79 Å². The van der Waals surface area contributed by atoms with Crippen LogP contribution in [0.3, 0.4) is 0 Å². The van der Waals surface area contributed by atoms with Gasteiger partial charge in [-0.05, 0) is 51.1 Å². The van der Waals surface area contributed by atoms with Crippen LogP contribution in [0, 0.1) is 13.8 Å². The highest BCUT2D eigenvalue weighted by atomic mass is 79.9. The van der Waals surface area contributed by atoms with Gasteiger partial charge >= 0.3 is 5.97 Å². The first-order valence-corrected chi connectivity index (χ1v) is 8.11. The normalized spacial score (nSPS) is 10.4. The first kappa shape index (κ1) is 17.3. The lowest BCUT2D eigenvalue weighted by molar-refractivity contribution is -0.116. The molecule has 0 spiro atoms. The maximum Gasteiger partial charge on any atom is 0.339 e. The second-order valence-electron chi connectivity index (χ2n) is 5.15. The summed E-state index contributed by atoms with van der Waals surface area (Å²) >= 11 is 3.35. The molecule has 0 saturated carbocycles. The van der Waals surface area contributed by atoms with E-state index in [-0.39, 0.29) is 18.4 Å². The van der Waals surface area contributed by atoms with Crippen LogP contribution in [0.5, 0.6) is 0 Å². The summed E-state index contributed by atoms with van der Waals surface area (Å²) < 4.78 is 7.79. The minimum atomic E-state index is -0.361. The minimum Gasteiger partial charge on any atom is -0.462 e. The first-order chi connectivity index (χ1) is 10.9. The Labute approximate surface area is 143 Å². The second kappa shape index (κ2) is 7.46. The molecule has 1 N–H and O–H groups in total. The van der Waals surface area contributed by atoms with E-state index in [1.54, 1.807) is 17.6 Å². The maximum atomic E-state index is 12.2. The Morgan fingerprint density at radius 1 is 1.22 bits per heavy atom. The second-order valence-corrected chi connectivity index (χ2v) is 6.06. The molecule has 5 nitrogen and oxygen atoms in total. The van der Waals surface area contributed by atoms with E-state index in [1.165, 1.54) is 0 Å². The fourth-order valence-electron chi connectivity index (χ4n) is 2.34. The maximum absolute atomic E-state index is 12.2. The van der Waals surface area contributed by atoms with Gasteiger partial charge < -0.3 is 14.6 Å². The predicted octanol–water partition coefficient (Wildman–Crippen LogP) is 3.68. The van der Waals surface area contributed by atoms with Crippen LogP contribution in [0.4, 0.5) is 5.69 Å². The van der Waals surface area contributed by atoms with Crippen LogP contribution in [0.1, 0.15) is 28.7 Å². The number of carbonyl (C=O) groups is 2. The van der Waals surface area contributed by atoms with Gasteiger partial charge in [0.05, 0.1) is 12.2 Å². The Hall–Kier alpha value is -2.08. The molecule has 0 bridgehead atoms. The van der Waals surface area contributed by atoms with Crippen molar-refractivity contribution in [1.82, 2.24) is 4.57 Å². The molecule has 23 heavy (non-hydrogen) atoms. The number of halogens is 1. The average molecular weight is 379 g/mol. The van der Waals surface area contributed by atoms with Gasteiger partial charge in [-0.2, -0.15) is 0 Å². The van der Waals surface area contributed by atoms with E-state index in [9.17, 15) is 9.59 Å². The van der Waals surface area contributed by atoms with Gasteiger partial charge in [0.15, 0.2) is 0 Å². The molecule has 2 rings (SSSR count). The Kier molecular flexibility index (Phi) is 5.60. The molecule has 0 fully saturated rings. The summed E-state index contributed by atoms with van der Waals surface area (Å²) in [5, 5.41) is 2.84. The standard InChI is InChI=1S/C17H19BrN2O3/c1-4-23-17(22)15-9-11(2)20(12(15)3)10-16(21)19-14-7-5-13(18)6-8-14/h5-9H,4,10H2,1-3H3,(H,19,21). The van der Waals surface area contributed by atoms with E-state index in [2.05, 4.69) is 21.2 Å². The summed E-state index contributed by atoms with van der Waals surface area (Å²) in [5.74, 6) is -0.510. The third kappa shape index (κ3) is 4.22. The Morgan fingerprint density at radius 2 is 1.87 bits per heavy atom. The van der Waals surface area contributed by atoms with Gasteiger partial charge in [-0.1, -0.05) is 15.9 Å². The number of esters is 1. The summed E-state index contributed by atoms with van der Waals surface area (Å²) in [6, 6.07) is 9.12. The van der Waals surface area contributed by atoms with Crippen molar-refractivity contribution >= 4 is 33.5 Å². The molecule has 0 radical (unpaired) electrons. The van der Waals surface area contributed by atoms with E-state index in [0.717, 1.165) is 21.5 Å². The van der Waals surface area contributed by atoms with Crippen LogP contribution < -0.4 is 5.32 Å². The lowest BCUT2D eigenvalue weighted by Crippen LogP contribution is -2.20. The smallest absolute Gasteiger partial charge is 0.339 e. The third-order valence-electron chi connectivity index (χ3n) is 3.50.